The molecule has 1 amide bonds. The first-order chi connectivity index (χ1) is 11.3. The number of amides is 1. The van der Waals surface area contributed by atoms with Gasteiger partial charge in [0.15, 0.2) is 0 Å². The van der Waals surface area contributed by atoms with Crippen LogP contribution in [0.2, 0.25) is 5.28 Å². The number of carbonyl (C=O) groups is 1. The highest BCUT2D eigenvalue weighted by atomic mass is 35.5. The Morgan fingerprint density at radius 3 is 2.71 bits per heavy atom. The fraction of sp³-hybridized carbons (Fsp3) is 0.533. The second kappa shape index (κ2) is 6.13. The van der Waals surface area contributed by atoms with Crippen LogP contribution in [0.25, 0.3) is 0 Å². The number of fused-ring (bicyclic) bond motifs is 1. The summed E-state index contributed by atoms with van der Waals surface area (Å²) in [5, 5.41) is 0.0928. The molecule has 1 aliphatic heterocycles. The number of terminal acetylenes is 1. The van der Waals surface area contributed by atoms with Crippen molar-refractivity contribution in [3.8, 4) is 12.3 Å². The Kier molecular flexibility index (Phi) is 4.30. The first kappa shape index (κ1) is 16.8. The third kappa shape index (κ3) is 3.00. The third-order valence-corrected chi connectivity index (χ3v) is 4.43. The van der Waals surface area contributed by atoms with Crippen LogP contribution in [0.15, 0.2) is 0 Å². The van der Waals surface area contributed by atoms with Crippen LogP contribution in [0, 0.1) is 12.3 Å². The Balaban J connectivity index is 1.87. The molecule has 1 aliphatic carbocycles. The number of hydrogen-bond donors (Lipinski definition) is 0. The van der Waals surface area contributed by atoms with Crippen LogP contribution in [0.1, 0.15) is 17.7 Å². The van der Waals surface area contributed by atoms with Crippen molar-refractivity contribution >= 4 is 23.3 Å². The van der Waals surface area contributed by atoms with E-state index in [9.17, 15) is 18.0 Å². The topological polar surface area (TPSA) is 49.3 Å². The summed E-state index contributed by atoms with van der Waals surface area (Å²) in [4.78, 5) is 22.4. The summed E-state index contributed by atoms with van der Waals surface area (Å²) >= 11 is 5.96. The summed E-state index contributed by atoms with van der Waals surface area (Å²) in [6, 6.07) is -0.694. The van der Waals surface area contributed by atoms with Gasteiger partial charge in [-0.2, -0.15) is 13.2 Å². The van der Waals surface area contributed by atoms with Crippen molar-refractivity contribution in [2.45, 2.75) is 31.5 Å². The monoisotopic (exact) mass is 358 g/mol. The molecule has 5 nitrogen and oxygen atoms in total. The van der Waals surface area contributed by atoms with E-state index in [0.29, 0.717) is 5.82 Å². The molecule has 3 rings (SSSR count). The van der Waals surface area contributed by atoms with E-state index in [4.69, 9.17) is 18.0 Å². The van der Waals surface area contributed by atoms with Crippen LogP contribution in [0.3, 0.4) is 0 Å². The molecule has 2 heterocycles. The predicted molar refractivity (Wildman–Crippen MR) is 81.7 cm³/mol. The molecule has 1 saturated heterocycles. The molecular formula is C15H14ClF3N4O. The van der Waals surface area contributed by atoms with Crippen molar-refractivity contribution in [1.29, 1.82) is 0 Å². The number of hydrogen-bond acceptors (Lipinski definition) is 4. The molecule has 24 heavy (non-hydrogen) atoms. The van der Waals surface area contributed by atoms with Crippen LogP contribution in [0.5, 0.6) is 0 Å². The maximum absolute atomic E-state index is 12.6. The van der Waals surface area contributed by atoms with Crippen molar-refractivity contribution in [3.05, 3.63) is 16.5 Å². The van der Waals surface area contributed by atoms with Crippen LogP contribution in [-0.2, 0) is 17.6 Å². The van der Waals surface area contributed by atoms with Gasteiger partial charge in [-0.25, -0.2) is 9.97 Å². The number of aryl methyl sites for hydroxylation is 1. The van der Waals surface area contributed by atoms with Crippen LogP contribution in [0.4, 0.5) is 19.0 Å². The second-order valence-electron chi connectivity index (χ2n) is 5.72. The summed E-state index contributed by atoms with van der Waals surface area (Å²) in [5.74, 6) is 1.17. The van der Waals surface area contributed by atoms with Crippen molar-refractivity contribution in [2.75, 3.05) is 24.5 Å². The summed E-state index contributed by atoms with van der Waals surface area (Å²) < 4.78 is 37.9. The second-order valence-corrected chi connectivity index (χ2v) is 6.06. The first-order valence-corrected chi connectivity index (χ1v) is 7.83. The van der Waals surface area contributed by atoms with Crippen LogP contribution >= 0.6 is 11.6 Å². The quantitative estimate of drug-likeness (QED) is 0.568. The SMILES string of the molecule is C#C[C@H]1CN(C(=O)C(F)(F)F)CCN1c1nc(Cl)nc2c1CCC2. The lowest BCUT2D eigenvalue weighted by molar-refractivity contribution is -0.186. The molecule has 1 fully saturated rings. The lowest BCUT2D eigenvalue weighted by Gasteiger charge is -2.40. The van der Waals surface area contributed by atoms with Gasteiger partial charge in [0, 0.05) is 18.7 Å². The van der Waals surface area contributed by atoms with E-state index in [1.807, 2.05) is 0 Å². The normalized spacial score (nSPS) is 20.7. The summed E-state index contributed by atoms with van der Waals surface area (Å²) in [7, 11) is 0. The highest BCUT2D eigenvalue weighted by Crippen LogP contribution is 2.32. The molecule has 1 aromatic heterocycles. The zero-order valence-corrected chi connectivity index (χ0v) is 13.4. The molecule has 0 saturated carbocycles. The van der Waals surface area contributed by atoms with Gasteiger partial charge in [0.2, 0.25) is 5.28 Å². The Hall–Kier alpha value is -2.01. The van der Waals surface area contributed by atoms with Crippen molar-refractivity contribution in [1.82, 2.24) is 14.9 Å². The maximum atomic E-state index is 12.6. The van der Waals surface area contributed by atoms with Crippen LogP contribution < -0.4 is 4.90 Å². The van der Waals surface area contributed by atoms with Crippen molar-refractivity contribution in [2.24, 2.45) is 0 Å². The number of piperazine rings is 1. The van der Waals surface area contributed by atoms with E-state index < -0.39 is 18.1 Å². The number of carbonyl (C=O) groups excluding carboxylic acids is 1. The van der Waals surface area contributed by atoms with Gasteiger partial charge >= 0.3 is 12.1 Å². The van der Waals surface area contributed by atoms with E-state index in [0.717, 1.165) is 35.4 Å². The molecule has 0 N–H and O–H groups in total. The van der Waals surface area contributed by atoms with Gasteiger partial charge in [0.1, 0.15) is 11.9 Å². The van der Waals surface area contributed by atoms with Gasteiger partial charge in [-0.05, 0) is 30.9 Å². The molecule has 0 spiro atoms. The minimum atomic E-state index is -4.90. The van der Waals surface area contributed by atoms with E-state index in [1.54, 1.807) is 4.90 Å². The Labute approximate surface area is 141 Å². The number of alkyl halides is 3. The molecule has 0 radical (unpaired) electrons. The van der Waals surface area contributed by atoms with Gasteiger partial charge < -0.3 is 9.80 Å². The van der Waals surface area contributed by atoms with E-state index in [-0.39, 0.29) is 24.9 Å². The van der Waals surface area contributed by atoms with Crippen molar-refractivity contribution < 1.29 is 18.0 Å². The number of anilines is 1. The van der Waals surface area contributed by atoms with Gasteiger partial charge in [-0.1, -0.05) is 5.92 Å². The molecule has 1 aromatic rings. The number of nitrogens with zero attached hydrogens (tertiary/aromatic N) is 4. The zero-order valence-electron chi connectivity index (χ0n) is 12.6. The number of rotatable bonds is 1. The molecule has 0 bridgehead atoms. The average molecular weight is 359 g/mol. The van der Waals surface area contributed by atoms with Gasteiger partial charge in [-0.15, -0.1) is 6.42 Å². The minimum absolute atomic E-state index is 0.0765. The van der Waals surface area contributed by atoms with Gasteiger partial charge in [0.05, 0.1) is 12.2 Å². The summed E-state index contributed by atoms with van der Waals surface area (Å²) in [6.07, 6.45) is 3.09. The number of halogens is 4. The molecular weight excluding hydrogens is 345 g/mol. The van der Waals surface area contributed by atoms with E-state index in [2.05, 4.69) is 15.9 Å². The Morgan fingerprint density at radius 2 is 2.04 bits per heavy atom. The molecule has 128 valence electrons. The lowest BCUT2D eigenvalue weighted by Crippen LogP contribution is -2.57. The van der Waals surface area contributed by atoms with E-state index >= 15 is 0 Å². The fourth-order valence-corrected chi connectivity index (χ4v) is 3.35. The third-order valence-electron chi connectivity index (χ3n) is 4.26. The Morgan fingerprint density at radius 1 is 1.29 bits per heavy atom. The molecule has 1 atom stereocenters. The minimum Gasteiger partial charge on any atom is -0.339 e. The van der Waals surface area contributed by atoms with E-state index in [1.165, 1.54) is 0 Å². The highest BCUT2D eigenvalue weighted by molar-refractivity contribution is 6.28. The van der Waals surface area contributed by atoms with Gasteiger partial charge in [-0.3, -0.25) is 4.79 Å². The molecule has 0 aromatic carbocycles. The highest BCUT2D eigenvalue weighted by Gasteiger charge is 2.45. The maximum Gasteiger partial charge on any atom is 0.471 e. The smallest absolute Gasteiger partial charge is 0.339 e. The molecule has 2 aliphatic rings. The molecule has 0 unspecified atom stereocenters. The summed E-state index contributed by atoms with van der Waals surface area (Å²) in [6.45, 7) is -0.116. The molecule has 9 heteroatoms. The zero-order chi connectivity index (χ0) is 17.5. The van der Waals surface area contributed by atoms with Crippen LogP contribution in [-0.4, -0.2) is 52.6 Å². The summed E-state index contributed by atoms with van der Waals surface area (Å²) in [5.41, 5.74) is 1.80. The fourth-order valence-electron chi connectivity index (χ4n) is 3.16. The largest absolute Gasteiger partial charge is 0.471 e. The first-order valence-electron chi connectivity index (χ1n) is 7.45. The van der Waals surface area contributed by atoms with Crippen molar-refractivity contribution in [3.63, 3.8) is 0 Å². The predicted octanol–water partition coefficient (Wildman–Crippen LogP) is 1.83. The Bertz CT molecular complexity index is 716. The number of aromatic nitrogens is 2. The standard InChI is InChI=1S/C15H14ClF3N4O/c1-2-9-8-22(13(24)15(17,18)19)6-7-23(9)12-10-4-3-5-11(10)20-14(16)21-12/h1,9H,3-8H2/t9-/m0/s1. The average Bonchev–Trinajstić information content (AvgIpc) is 3.00. The van der Waals surface area contributed by atoms with Gasteiger partial charge in [0.25, 0.3) is 0 Å². The lowest BCUT2D eigenvalue weighted by atomic mass is 10.1.